The van der Waals surface area contributed by atoms with Gasteiger partial charge in [-0.05, 0) is 49.9 Å². The number of carbonyl (C=O) groups is 1. The molecule has 3 aliphatic rings. The van der Waals surface area contributed by atoms with E-state index in [-0.39, 0.29) is 36.2 Å². The zero-order valence-corrected chi connectivity index (χ0v) is 15.0. The highest BCUT2D eigenvalue weighted by atomic mass is 35.5. The molecule has 0 radical (unpaired) electrons. The van der Waals surface area contributed by atoms with Gasteiger partial charge in [0.2, 0.25) is 5.91 Å². The van der Waals surface area contributed by atoms with Crippen LogP contribution >= 0.6 is 12.4 Å². The van der Waals surface area contributed by atoms with E-state index in [2.05, 4.69) is 16.2 Å². The number of halogens is 2. The number of fused-ring (bicyclic) bond motifs is 1. The van der Waals surface area contributed by atoms with Crippen molar-refractivity contribution < 1.29 is 9.18 Å². The third kappa shape index (κ3) is 3.82. The van der Waals surface area contributed by atoms with Gasteiger partial charge in [0.05, 0.1) is 0 Å². The first kappa shape index (κ1) is 18.6. The van der Waals surface area contributed by atoms with E-state index in [9.17, 15) is 9.18 Å². The third-order valence-corrected chi connectivity index (χ3v) is 5.67. The number of benzene rings is 1. The molecule has 3 saturated heterocycles. The molecule has 4 unspecified atom stereocenters. The summed E-state index contributed by atoms with van der Waals surface area (Å²) in [5.41, 5.74) is 7.49. The standard InChI is InChI=1S/C18H25FN4O.ClH/c19-13-4-1-3-12(9-13)10-14-5-2-8-23(14)18(24)17-15-11-20-7-6-16(15)21-22-17;/h1,3-4,9,14-17,20-22H,2,5-8,10-11H2;1H. The Kier molecular flexibility index (Phi) is 5.94. The number of piperidine rings is 1. The monoisotopic (exact) mass is 368 g/mol. The molecule has 138 valence electrons. The molecule has 0 saturated carbocycles. The van der Waals surface area contributed by atoms with Gasteiger partial charge in [0.25, 0.3) is 0 Å². The lowest BCUT2D eigenvalue weighted by atomic mass is 9.88. The molecule has 3 aliphatic heterocycles. The second-order valence-electron chi connectivity index (χ2n) is 7.19. The zero-order valence-electron chi connectivity index (χ0n) is 14.2. The molecule has 1 aromatic carbocycles. The second-order valence-corrected chi connectivity index (χ2v) is 7.19. The summed E-state index contributed by atoms with van der Waals surface area (Å²) in [4.78, 5) is 15.1. The fraction of sp³-hybridized carbons (Fsp3) is 0.611. The van der Waals surface area contributed by atoms with Crippen LogP contribution in [0.15, 0.2) is 24.3 Å². The Morgan fingerprint density at radius 3 is 3.00 bits per heavy atom. The first-order valence-electron chi connectivity index (χ1n) is 8.99. The molecule has 7 heteroatoms. The maximum absolute atomic E-state index is 13.4. The highest BCUT2D eigenvalue weighted by Gasteiger charge is 2.44. The van der Waals surface area contributed by atoms with E-state index in [4.69, 9.17) is 0 Å². The zero-order chi connectivity index (χ0) is 16.5. The molecule has 3 heterocycles. The summed E-state index contributed by atoms with van der Waals surface area (Å²) in [6.07, 6.45) is 3.80. The molecule has 3 N–H and O–H groups in total. The molecule has 3 fully saturated rings. The van der Waals surface area contributed by atoms with Crippen molar-refractivity contribution in [2.45, 2.75) is 43.8 Å². The van der Waals surface area contributed by atoms with Crippen molar-refractivity contribution in [3.05, 3.63) is 35.6 Å². The smallest absolute Gasteiger partial charge is 0.241 e. The SMILES string of the molecule is Cl.O=C(C1NNC2CCNCC21)N1CCCC1Cc1cccc(F)c1. The van der Waals surface area contributed by atoms with Crippen LogP contribution in [-0.4, -0.2) is 48.6 Å². The van der Waals surface area contributed by atoms with Gasteiger partial charge >= 0.3 is 0 Å². The van der Waals surface area contributed by atoms with Crippen LogP contribution in [0.25, 0.3) is 0 Å². The lowest BCUT2D eigenvalue weighted by molar-refractivity contribution is -0.135. The summed E-state index contributed by atoms with van der Waals surface area (Å²) in [6, 6.07) is 7.13. The molecular formula is C18H26ClFN4O. The highest BCUT2D eigenvalue weighted by molar-refractivity contribution is 5.85. The van der Waals surface area contributed by atoms with Gasteiger partial charge in [-0.1, -0.05) is 12.1 Å². The van der Waals surface area contributed by atoms with E-state index < -0.39 is 0 Å². The summed E-state index contributed by atoms with van der Waals surface area (Å²) in [5.74, 6) is 0.292. The van der Waals surface area contributed by atoms with Crippen molar-refractivity contribution in [2.75, 3.05) is 19.6 Å². The maximum Gasteiger partial charge on any atom is 0.241 e. The minimum atomic E-state index is -0.207. The minimum absolute atomic E-state index is 0. The van der Waals surface area contributed by atoms with Gasteiger partial charge in [-0.2, -0.15) is 0 Å². The van der Waals surface area contributed by atoms with Crippen molar-refractivity contribution in [1.82, 2.24) is 21.1 Å². The largest absolute Gasteiger partial charge is 0.338 e. The molecule has 1 aromatic rings. The van der Waals surface area contributed by atoms with Crippen molar-refractivity contribution in [1.29, 1.82) is 0 Å². The van der Waals surface area contributed by atoms with E-state index in [0.717, 1.165) is 50.9 Å². The molecule has 5 nitrogen and oxygen atoms in total. The molecule has 0 aliphatic carbocycles. The third-order valence-electron chi connectivity index (χ3n) is 5.67. The van der Waals surface area contributed by atoms with Gasteiger partial charge in [-0.25, -0.2) is 9.82 Å². The van der Waals surface area contributed by atoms with Crippen molar-refractivity contribution in [2.24, 2.45) is 5.92 Å². The van der Waals surface area contributed by atoms with Crippen molar-refractivity contribution >= 4 is 18.3 Å². The van der Waals surface area contributed by atoms with Gasteiger partial charge in [0.15, 0.2) is 0 Å². The topological polar surface area (TPSA) is 56.4 Å². The number of amides is 1. The highest BCUT2D eigenvalue weighted by Crippen LogP contribution is 2.27. The van der Waals surface area contributed by atoms with Crippen LogP contribution in [0.2, 0.25) is 0 Å². The van der Waals surface area contributed by atoms with E-state index in [1.165, 1.54) is 6.07 Å². The number of nitrogens with one attached hydrogen (secondary N) is 3. The van der Waals surface area contributed by atoms with Crippen LogP contribution in [0.1, 0.15) is 24.8 Å². The lowest BCUT2D eigenvalue weighted by Gasteiger charge is -2.32. The summed E-state index contributed by atoms with van der Waals surface area (Å²) < 4.78 is 13.4. The van der Waals surface area contributed by atoms with Crippen LogP contribution in [0, 0.1) is 11.7 Å². The molecule has 0 bridgehead atoms. The fourth-order valence-electron chi connectivity index (χ4n) is 4.41. The normalized spacial score (nSPS) is 31.5. The van der Waals surface area contributed by atoms with E-state index in [1.807, 2.05) is 11.0 Å². The Hall–Kier alpha value is -1.21. The number of hydrazine groups is 1. The number of hydrogen-bond donors (Lipinski definition) is 3. The first-order chi connectivity index (χ1) is 11.7. The molecule has 4 rings (SSSR count). The molecule has 0 aromatic heterocycles. The number of hydrogen-bond acceptors (Lipinski definition) is 4. The summed E-state index contributed by atoms with van der Waals surface area (Å²) in [5, 5.41) is 3.40. The number of rotatable bonds is 3. The number of likely N-dealkylation sites (tertiary alicyclic amines) is 1. The van der Waals surface area contributed by atoms with Crippen LogP contribution < -0.4 is 16.2 Å². The van der Waals surface area contributed by atoms with E-state index in [1.54, 1.807) is 12.1 Å². The van der Waals surface area contributed by atoms with Crippen LogP contribution in [-0.2, 0) is 11.2 Å². The summed E-state index contributed by atoms with van der Waals surface area (Å²) in [7, 11) is 0. The number of nitrogens with zero attached hydrogens (tertiary/aromatic N) is 1. The van der Waals surface area contributed by atoms with Gasteiger partial charge in [0.1, 0.15) is 11.9 Å². The van der Waals surface area contributed by atoms with Crippen LogP contribution in [0.5, 0.6) is 0 Å². The Labute approximate surface area is 154 Å². The quantitative estimate of drug-likeness (QED) is 0.751. The van der Waals surface area contributed by atoms with Gasteiger partial charge in [-0.3, -0.25) is 10.2 Å². The predicted octanol–water partition coefficient (Wildman–Crippen LogP) is 1.24. The molecule has 1 amide bonds. The Balaban J connectivity index is 0.00000182. The molecule has 25 heavy (non-hydrogen) atoms. The average molecular weight is 369 g/mol. The molecule has 0 spiro atoms. The summed E-state index contributed by atoms with van der Waals surface area (Å²) in [6.45, 7) is 2.69. The van der Waals surface area contributed by atoms with E-state index in [0.29, 0.717) is 12.0 Å². The van der Waals surface area contributed by atoms with Gasteiger partial charge in [0, 0.05) is 31.1 Å². The maximum atomic E-state index is 13.4. The molecular weight excluding hydrogens is 343 g/mol. The van der Waals surface area contributed by atoms with Crippen LogP contribution in [0.4, 0.5) is 4.39 Å². The van der Waals surface area contributed by atoms with Crippen molar-refractivity contribution in [3.63, 3.8) is 0 Å². The van der Waals surface area contributed by atoms with E-state index >= 15 is 0 Å². The summed E-state index contributed by atoms with van der Waals surface area (Å²) >= 11 is 0. The minimum Gasteiger partial charge on any atom is -0.338 e. The average Bonchev–Trinajstić information content (AvgIpc) is 3.21. The molecule has 4 atom stereocenters. The number of carbonyl (C=O) groups excluding carboxylic acids is 1. The Morgan fingerprint density at radius 2 is 2.16 bits per heavy atom. The van der Waals surface area contributed by atoms with Crippen molar-refractivity contribution in [3.8, 4) is 0 Å². The van der Waals surface area contributed by atoms with Gasteiger partial charge < -0.3 is 10.2 Å². The predicted molar refractivity (Wildman–Crippen MR) is 96.9 cm³/mol. The fourth-order valence-corrected chi connectivity index (χ4v) is 4.41. The Bertz CT molecular complexity index is 616. The second kappa shape index (κ2) is 7.99. The first-order valence-corrected chi connectivity index (χ1v) is 8.99. The van der Waals surface area contributed by atoms with Gasteiger partial charge in [-0.15, -0.1) is 12.4 Å². The lowest BCUT2D eigenvalue weighted by Crippen LogP contribution is -2.52. The van der Waals surface area contributed by atoms with Crippen LogP contribution in [0.3, 0.4) is 0 Å². The Morgan fingerprint density at radius 1 is 1.28 bits per heavy atom.